The van der Waals surface area contributed by atoms with E-state index in [1.165, 1.54) is 18.2 Å². The number of phenolic OH excluding ortho intramolecular Hbond substituents is 3. The number of para-hydroxylation sites is 2. The van der Waals surface area contributed by atoms with Crippen LogP contribution in [-0.2, 0) is 0 Å². The van der Waals surface area contributed by atoms with Gasteiger partial charge >= 0.3 is 5.96 Å². The first-order valence-corrected chi connectivity index (χ1v) is 7.72. The first kappa shape index (κ1) is 18.7. The maximum atomic E-state index is 11.5. The summed E-state index contributed by atoms with van der Waals surface area (Å²) in [4.78, 5) is 0.750. The van der Waals surface area contributed by atoms with Crippen molar-refractivity contribution in [3.8, 4) is 17.2 Å². The van der Waals surface area contributed by atoms with Gasteiger partial charge in [0, 0.05) is 6.07 Å². The van der Waals surface area contributed by atoms with Crippen molar-refractivity contribution >= 4 is 17.5 Å². The van der Waals surface area contributed by atoms with Crippen LogP contribution in [0.2, 0.25) is 0 Å². The molecule has 0 aliphatic heterocycles. The monoisotopic (exact) mass is 359 g/mol. The predicted octanol–water partition coefficient (Wildman–Crippen LogP) is 1.46. The van der Waals surface area contributed by atoms with E-state index >= 15 is 0 Å². The standard InChI is InChI=1S/C17H21N5O4/c1-9(2)10-7-11(15(25)8-14(10)24)16(18)21(17(19)22(20)26)12-5-3-4-6-13(12)23/h3-9,18,23-25H,19-20H2,1-2H3. The summed E-state index contributed by atoms with van der Waals surface area (Å²) in [6.45, 7) is 3.67. The second kappa shape index (κ2) is 7.09. The Bertz CT molecular complexity index is 875. The minimum atomic E-state index is -0.588. The molecule has 0 saturated carbocycles. The lowest BCUT2D eigenvalue weighted by molar-refractivity contribution is -0.471. The van der Waals surface area contributed by atoms with Crippen LogP contribution >= 0.6 is 0 Å². The summed E-state index contributed by atoms with van der Waals surface area (Å²) < 4.78 is 0. The molecule has 0 saturated heterocycles. The van der Waals surface area contributed by atoms with Crippen molar-refractivity contribution in [2.45, 2.75) is 19.8 Å². The van der Waals surface area contributed by atoms with Crippen molar-refractivity contribution in [1.82, 2.24) is 0 Å². The predicted molar refractivity (Wildman–Crippen MR) is 98.3 cm³/mol. The molecule has 9 heteroatoms. The fourth-order valence-electron chi connectivity index (χ4n) is 2.48. The molecule has 2 rings (SSSR count). The van der Waals surface area contributed by atoms with E-state index in [-0.39, 0.29) is 39.3 Å². The number of amidine groups is 1. The summed E-state index contributed by atoms with van der Waals surface area (Å²) in [5, 5.41) is 50.2. The summed E-state index contributed by atoms with van der Waals surface area (Å²) in [6, 6.07) is 8.44. The van der Waals surface area contributed by atoms with E-state index in [1.807, 2.05) is 13.8 Å². The molecule has 2 aromatic carbocycles. The molecular formula is C17H21N5O4. The number of nitrogens with zero attached hydrogens (tertiary/aromatic N) is 2. The maximum absolute atomic E-state index is 11.5. The van der Waals surface area contributed by atoms with Crippen LogP contribution in [0.5, 0.6) is 17.2 Å². The van der Waals surface area contributed by atoms with E-state index < -0.39 is 11.8 Å². The molecule has 0 spiro atoms. The second-order valence-electron chi connectivity index (χ2n) is 5.94. The Morgan fingerprint density at radius 2 is 1.73 bits per heavy atom. The third-order valence-electron chi connectivity index (χ3n) is 3.82. The first-order chi connectivity index (χ1) is 12.1. The molecule has 0 aliphatic carbocycles. The number of benzene rings is 2. The van der Waals surface area contributed by atoms with Crippen LogP contribution in [0.15, 0.2) is 36.4 Å². The van der Waals surface area contributed by atoms with Crippen molar-refractivity contribution in [3.63, 3.8) is 0 Å². The highest BCUT2D eigenvalue weighted by Gasteiger charge is 2.30. The zero-order valence-corrected chi connectivity index (χ0v) is 14.3. The molecule has 0 radical (unpaired) electrons. The number of phenols is 3. The largest absolute Gasteiger partial charge is 0.724 e. The third-order valence-corrected chi connectivity index (χ3v) is 3.82. The molecule has 0 heterocycles. The van der Waals surface area contributed by atoms with Crippen LogP contribution in [-0.4, -0.2) is 32.0 Å². The van der Waals surface area contributed by atoms with Gasteiger partial charge in [-0.15, -0.1) is 0 Å². The molecule has 8 N–H and O–H groups in total. The number of rotatable bonds is 3. The molecule has 138 valence electrons. The number of hydrogen-bond acceptors (Lipinski definition) is 6. The Balaban J connectivity index is 2.68. The van der Waals surface area contributed by atoms with Crippen LogP contribution in [0.1, 0.15) is 30.9 Å². The van der Waals surface area contributed by atoms with E-state index in [0.717, 1.165) is 11.0 Å². The number of nitrogens with one attached hydrogen (secondary N) is 1. The average Bonchev–Trinajstić information content (AvgIpc) is 2.56. The van der Waals surface area contributed by atoms with Crippen molar-refractivity contribution in [2.24, 2.45) is 11.6 Å². The van der Waals surface area contributed by atoms with Crippen molar-refractivity contribution in [3.05, 3.63) is 52.7 Å². The Labute approximate surface area is 150 Å². The van der Waals surface area contributed by atoms with E-state index in [9.17, 15) is 20.5 Å². The summed E-state index contributed by atoms with van der Waals surface area (Å²) in [7, 11) is 0. The number of hydrogen-bond donors (Lipinski definition) is 6. The van der Waals surface area contributed by atoms with Gasteiger partial charge in [-0.05, 0) is 29.7 Å². The van der Waals surface area contributed by atoms with Gasteiger partial charge in [0.15, 0.2) is 11.4 Å². The fourth-order valence-corrected chi connectivity index (χ4v) is 2.48. The highest BCUT2D eigenvalue weighted by Crippen LogP contribution is 2.34. The number of aromatic hydroxyl groups is 3. The summed E-state index contributed by atoms with van der Waals surface area (Å²) in [5.74, 6) is 3.33. The number of hydrazone groups is 1. The van der Waals surface area contributed by atoms with Crippen LogP contribution in [0, 0.1) is 10.6 Å². The molecule has 2 aromatic rings. The number of guanidine groups is 1. The van der Waals surface area contributed by atoms with Gasteiger partial charge < -0.3 is 20.5 Å². The van der Waals surface area contributed by atoms with Gasteiger partial charge in [0.05, 0.1) is 5.56 Å². The molecule has 0 aliphatic rings. The lowest BCUT2D eigenvalue weighted by Gasteiger charge is -2.22. The molecule has 0 amide bonds. The van der Waals surface area contributed by atoms with Crippen molar-refractivity contribution in [2.75, 3.05) is 4.90 Å². The smallest absolute Gasteiger partial charge is 0.380 e. The van der Waals surface area contributed by atoms with Gasteiger partial charge in [-0.25, -0.2) is 0 Å². The molecule has 0 fully saturated rings. The van der Waals surface area contributed by atoms with E-state index in [1.54, 1.807) is 12.1 Å². The van der Waals surface area contributed by atoms with Gasteiger partial charge in [0.25, 0.3) is 0 Å². The molecule has 9 nitrogen and oxygen atoms in total. The number of hydrazine groups is 1. The summed E-state index contributed by atoms with van der Waals surface area (Å²) >= 11 is 0. The molecular weight excluding hydrogens is 338 g/mol. The Morgan fingerprint density at radius 1 is 1.12 bits per heavy atom. The lowest BCUT2D eigenvalue weighted by Crippen LogP contribution is -2.48. The van der Waals surface area contributed by atoms with Gasteiger partial charge in [-0.1, -0.05) is 26.0 Å². The Morgan fingerprint density at radius 3 is 2.27 bits per heavy atom. The zero-order chi connectivity index (χ0) is 19.6. The quantitative estimate of drug-likeness (QED) is 0.120. The number of anilines is 1. The van der Waals surface area contributed by atoms with E-state index in [4.69, 9.17) is 17.0 Å². The van der Waals surface area contributed by atoms with Gasteiger partial charge in [0.2, 0.25) is 5.84 Å². The minimum absolute atomic E-state index is 0.000414. The summed E-state index contributed by atoms with van der Waals surface area (Å²) in [6.07, 6.45) is 0. The fraction of sp³-hybridized carbons (Fsp3) is 0.176. The Hall–Kier alpha value is -3.62. The van der Waals surface area contributed by atoms with Crippen LogP contribution in [0.25, 0.3) is 0 Å². The highest BCUT2D eigenvalue weighted by molar-refractivity contribution is 6.23. The van der Waals surface area contributed by atoms with Gasteiger partial charge in [-0.2, -0.15) is 9.75 Å². The number of nitrogens with two attached hydrogens (primary N) is 2. The van der Waals surface area contributed by atoms with Gasteiger partial charge in [-0.3, -0.25) is 17.0 Å². The third kappa shape index (κ3) is 3.41. The molecule has 0 unspecified atom stereocenters. The molecule has 0 atom stereocenters. The second-order valence-corrected chi connectivity index (χ2v) is 5.94. The van der Waals surface area contributed by atoms with Crippen LogP contribution in [0.4, 0.5) is 5.69 Å². The molecule has 0 aromatic heterocycles. The van der Waals surface area contributed by atoms with Crippen LogP contribution < -0.4 is 16.5 Å². The van der Waals surface area contributed by atoms with Crippen molar-refractivity contribution in [1.29, 1.82) is 5.41 Å². The van der Waals surface area contributed by atoms with Crippen molar-refractivity contribution < 1.29 is 20.2 Å². The molecule has 0 bridgehead atoms. The average molecular weight is 359 g/mol. The Kier molecular flexibility index (Phi) is 5.11. The van der Waals surface area contributed by atoms with E-state index in [2.05, 4.69) is 0 Å². The SMILES string of the molecule is CC(C)c1cc(C(=N)N(C(N)=[N+](N)[O-])c2ccccc2O)c(O)cc1O. The topological polar surface area (TPSA) is 166 Å². The lowest BCUT2D eigenvalue weighted by atomic mass is 9.98. The summed E-state index contributed by atoms with van der Waals surface area (Å²) in [5.41, 5.74) is 6.24. The van der Waals surface area contributed by atoms with Gasteiger partial charge in [0.1, 0.15) is 11.5 Å². The zero-order valence-electron chi connectivity index (χ0n) is 14.3. The minimum Gasteiger partial charge on any atom is -0.724 e. The first-order valence-electron chi connectivity index (χ1n) is 7.72. The molecule has 26 heavy (non-hydrogen) atoms. The maximum Gasteiger partial charge on any atom is 0.380 e. The van der Waals surface area contributed by atoms with E-state index in [0.29, 0.717) is 5.56 Å². The van der Waals surface area contributed by atoms with Crippen LogP contribution in [0.3, 0.4) is 0 Å². The highest BCUT2D eigenvalue weighted by atomic mass is 16.5. The normalized spacial score (nSPS) is 12.0.